The molecule has 0 radical (unpaired) electrons. The summed E-state index contributed by atoms with van der Waals surface area (Å²) in [6, 6.07) is 5.71. The second-order valence-electron chi connectivity index (χ2n) is 7.68. The summed E-state index contributed by atoms with van der Waals surface area (Å²) < 4.78 is 21.2. The van der Waals surface area contributed by atoms with Gasteiger partial charge in [-0.1, -0.05) is 6.07 Å². The number of hydrogen-bond acceptors (Lipinski definition) is 6. The minimum Gasteiger partial charge on any atom is -0.493 e. The smallest absolute Gasteiger partial charge is 0.406 e. The third-order valence-corrected chi connectivity index (χ3v) is 5.97. The maximum absolute atomic E-state index is 11.5. The Morgan fingerprint density at radius 1 is 1.00 bits per heavy atom. The molecule has 8 heteroatoms. The number of benzene rings is 1. The lowest BCUT2D eigenvalue weighted by atomic mass is 9.96. The van der Waals surface area contributed by atoms with Crippen LogP contribution in [0.4, 0.5) is 9.59 Å². The highest BCUT2D eigenvalue weighted by atomic mass is 16.5. The SMILES string of the molecule is COC(=O)NCC(CNC(=O)OC)c1ccc(OC)c(O[C@H]2C[C@@H]3CC[C@H]2C3)c1. The Balaban J connectivity index is 1.76. The lowest BCUT2D eigenvalue weighted by Gasteiger charge is -2.25. The molecule has 2 N–H and O–H groups in total. The minimum atomic E-state index is -0.528. The Kier molecular flexibility index (Phi) is 7.06. The van der Waals surface area contributed by atoms with Gasteiger partial charge in [0.15, 0.2) is 11.5 Å². The zero-order valence-electron chi connectivity index (χ0n) is 17.2. The van der Waals surface area contributed by atoms with E-state index >= 15 is 0 Å². The van der Waals surface area contributed by atoms with Crippen molar-refractivity contribution in [3.05, 3.63) is 23.8 Å². The van der Waals surface area contributed by atoms with Gasteiger partial charge in [0.2, 0.25) is 0 Å². The van der Waals surface area contributed by atoms with Crippen molar-refractivity contribution in [2.24, 2.45) is 11.8 Å². The van der Waals surface area contributed by atoms with Crippen LogP contribution in [0.1, 0.15) is 37.2 Å². The summed E-state index contributed by atoms with van der Waals surface area (Å²) in [5, 5.41) is 5.38. The number of ether oxygens (including phenoxy) is 4. The minimum absolute atomic E-state index is 0.193. The first-order chi connectivity index (χ1) is 14.0. The molecule has 2 aliphatic rings. The van der Waals surface area contributed by atoms with Gasteiger partial charge in [-0.05, 0) is 55.2 Å². The summed E-state index contributed by atoms with van der Waals surface area (Å²) in [7, 11) is 4.25. The van der Waals surface area contributed by atoms with Gasteiger partial charge in [0.05, 0.1) is 21.3 Å². The molecule has 0 saturated heterocycles. The lowest BCUT2D eigenvalue weighted by molar-refractivity contribution is 0.133. The fourth-order valence-electron chi connectivity index (χ4n) is 4.40. The molecule has 2 saturated carbocycles. The Hall–Kier alpha value is -2.64. The van der Waals surface area contributed by atoms with Crippen LogP contribution in [-0.4, -0.2) is 52.7 Å². The van der Waals surface area contributed by atoms with E-state index in [4.69, 9.17) is 9.47 Å². The molecule has 3 rings (SSSR count). The summed E-state index contributed by atoms with van der Waals surface area (Å²) >= 11 is 0. The second-order valence-corrected chi connectivity index (χ2v) is 7.68. The van der Waals surface area contributed by atoms with Crippen molar-refractivity contribution in [1.82, 2.24) is 10.6 Å². The number of hydrogen-bond donors (Lipinski definition) is 2. The molecule has 160 valence electrons. The van der Waals surface area contributed by atoms with Crippen molar-refractivity contribution in [3.8, 4) is 11.5 Å². The van der Waals surface area contributed by atoms with Crippen molar-refractivity contribution < 1.29 is 28.5 Å². The number of nitrogens with one attached hydrogen (secondary N) is 2. The molecule has 0 aliphatic heterocycles. The van der Waals surface area contributed by atoms with Crippen LogP contribution in [0.15, 0.2) is 18.2 Å². The number of rotatable bonds is 8. The normalized spacial score (nSPS) is 22.3. The predicted molar refractivity (Wildman–Crippen MR) is 106 cm³/mol. The third-order valence-electron chi connectivity index (χ3n) is 5.97. The van der Waals surface area contributed by atoms with Crippen molar-refractivity contribution in [1.29, 1.82) is 0 Å². The molecular weight excluding hydrogens is 376 g/mol. The molecule has 8 nitrogen and oxygen atoms in total. The maximum Gasteiger partial charge on any atom is 0.406 e. The van der Waals surface area contributed by atoms with Gasteiger partial charge in [0, 0.05) is 19.0 Å². The quantitative estimate of drug-likeness (QED) is 0.689. The van der Waals surface area contributed by atoms with Crippen LogP contribution < -0.4 is 20.1 Å². The van der Waals surface area contributed by atoms with Gasteiger partial charge in [-0.2, -0.15) is 0 Å². The summed E-state index contributed by atoms with van der Waals surface area (Å²) in [6.07, 6.45) is 4.04. The topological polar surface area (TPSA) is 95.1 Å². The van der Waals surface area contributed by atoms with Crippen molar-refractivity contribution >= 4 is 12.2 Å². The Morgan fingerprint density at radius 3 is 2.21 bits per heavy atom. The van der Waals surface area contributed by atoms with Crippen molar-refractivity contribution in [2.75, 3.05) is 34.4 Å². The molecule has 29 heavy (non-hydrogen) atoms. The number of methoxy groups -OCH3 is 3. The number of amides is 2. The van der Waals surface area contributed by atoms with Crippen LogP contribution in [0.2, 0.25) is 0 Å². The molecule has 1 aromatic rings. The van der Waals surface area contributed by atoms with Crippen LogP contribution in [-0.2, 0) is 9.47 Å². The molecule has 0 unspecified atom stereocenters. The first-order valence-electron chi connectivity index (χ1n) is 10.0. The third kappa shape index (κ3) is 5.25. The Bertz CT molecular complexity index is 705. The molecular formula is C21H30N2O6. The van der Waals surface area contributed by atoms with Crippen LogP contribution in [0.25, 0.3) is 0 Å². The molecule has 0 spiro atoms. The molecule has 1 aromatic carbocycles. The summed E-state index contributed by atoms with van der Waals surface area (Å²) in [5.74, 6) is 2.58. The predicted octanol–water partition coefficient (Wildman–Crippen LogP) is 3.06. The van der Waals surface area contributed by atoms with Gasteiger partial charge in [0.1, 0.15) is 6.10 Å². The van der Waals surface area contributed by atoms with E-state index < -0.39 is 12.2 Å². The molecule has 2 aliphatic carbocycles. The van der Waals surface area contributed by atoms with Gasteiger partial charge in [-0.25, -0.2) is 9.59 Å². The molecule has 0 heterocycles. The highest BCUT2D eigenvalue weighted by Crippen LogP contribution is 2.47. The highest BCUT2D eigenvalue weighted by molar-refractivity contribution is 5.68. The standard InChI is InChI=1S/C21H30N2O6/c1-26-17-7-6-14(10-19(17)29-18-9-13-4-5-15(18)8-13)16(11-22-20(24)27-2)12-23-21(25)28-3/h6-7,10,13,15-16,18H,4-5,8-9,11-12H2,1-3H3,(H,22,24)(H,23,25)/t13-,15+,18+/m1/s1. The lowest BCUT2D eigenvalue weighted by Crippen LogP contribution is -2.35. The molecule has 0 aromatic heterocycles. The first-order valence-corrected chi connectivity index (χ1v) is 10.0. The van der Waals surface area contributed by atoms with E-state index in [9.17, 15) is 9.59 Å². The van der Waals surface area contributed by atoms with Crippen molar-refractivity contribution in [2.45, 2.75) is 37.7 Å². The largest absolute Gasteiger partial charge is 0.493 e. The van der Waals surface area contributed by atoms with Gasteiger partial charge in [-0.15, -0.1) is 0 Å². The average molecular weight is 406 g/mol. The van der Waals surface area contributed by atoms with E-state index in [1.165, 1.54) is 33.5 Å². The monoisotopic (exact) mass is 406 g/mol. The van der Waals surface area contributed by atoms with Crippen LogP contribution in [0, 0.1) is 11.8 Å². The Labute approximate surface area is 171 Å². The zero-order chi connectivity index (χ0) is 20.8. The van der Waals surface area contributed by atoms with Crippen LogP contribution in [0.3, 0.4) is 0 Å². The number of alkyl carbamates (subject to hydrolysis) is 2. The van der Waals surface area contributed by atoms with Gasteiger partial charge >= 0.3 is 12.2 Å². The number of carbonyl (C=O) groups is 2. The van der Waals surface area contributed by atoms with Crippen LogP contribution in [0.5, 0.6) is 11.5 Å². The number of carbonyl (C=O) groups excluding carboxylic acids is 2. The van der Waals surface area contributed by atoms with Gasteiger partial charge in [-0.3, -0.25) is 0 Å². The highest BCUT2D eigenvalue weighted by Gasteiger charge is 2.41. The van der Waals surface area contributed by atoms with Gasteiger partial charge in [0.25, 0.3) is 0 Å². The number of fused-ring (bicyclic) bond motifs is 2. The van der Waals surface area contributed by atoms with E-state index in [-0.39, 0.29) is 25.1 Å². The average Bonchev–Trinajstić information content (AvgIpc) is 3.36. The fourth-order valence-corrected chi connectivity index (χ4v) is 4.40. The first kappa shape index (κ1) is 21.1. The second kappa shape index (κ2) is 9.71. The van der Waals surface area contributed by atoms with Gasteiger partial charge < -0.3 is 29.6 Å². The summed E-state index contributed by atoms with van der Waals surface area (Å²) in [6.45, 7) is 0.577. The van der Waals surface area contributed by atoms with E-state index in [2.05, 4.69) is 20.1 Å². The van der Waals surface area contributed by atoms with E-state index in [0.717, 1.165) is 17.9 Å². The molecule has 2 bridgehead atoms. The Morgan fingerprint density at radius 2 is 1.69 bits per heavy atom. The van der Waals surface area contributed by atoms with Crippen molar-refractivity contribution in [3.63, 3.8) is 0 Å². The summed E-state index contributed by atoms with van der Waals surface area (Å²) in [4.78, 5) is 23.0. The maximum atomic E-state index is 11.5. The summed E-state index contributed by atoms with van der Waals surface area (Å²) in [5.41, 5.74) is 0.914. The van der Waals surface area contributed by atoms with E-state index in [1.807, 2.05) is 18.2 Å². The van der Waals surface area contributed by atoms with E-state index in [1.54, 1.807) is 7.11 Å². The zero-order valence-corrected chi connectivity index (χ0v) is 17.2. The molecule has 2 fully saturated rings. The molecule has 3 atom stereocenters. The van der Waals surface area contributed by atoms with E-state index in [0.29, 0.717) is 17.4 Å². The fraction of sp³-hybridized carbons (Fsp3) is 0.619. The van der Waals surface area contributed by atoms with Crippen LogP contribution >= 0.6 is 0 Å². The molecule has 2 amide bonds.